The van der Waals surface area contributed by atoms with Gasteiger partial charge in [-0.25, -0.2) is 4.79 Å². The highest BCUT2D eigenvalue weighted by Gasteiger charge is 2.27. The molecule has 0 spiro atoms. The second kappa shape index (κ2) is 15.8. The number of allylic oxidation sites excluding steroid dienone is 1. The van der Waals surface area contributed by atoms with Crippen LogP contribution in [0.5, 0.6) is 5.75 Å². The molecule has 3 rings (SSSR count). The lowest BCUT2D eigenvalue weighted by Crippen LogP contribution is -2.28. The van der Waals surface area contributed by atoms with Gasteiger partial charge in [0.25, 0.3) is 0 Å². The molecular formula is C31H35N3O7. The summed E-state index contributed by atoms with van der Waals surface area (Å²) in [4.78, 5) is 36.7. The van der Waals surface area contributed by atoms with Crippen molar-refractivity contribution in [3.63, 3.8) is 0 Å². The summed E-state index contributed by atoms with van der Waals surface area (Å²) in [6.07, 6.45) is 1.96. The number of ether oxygens (including phenoxy) is 3. The predicted octanol–water partition coefficient (Wildman–Crippen LogP) is 5.12. The maximum atomic E-state index is 12.9. The summed E-state index contributed by atoms with van der Waals surface area (Å²) in [5.74, 6) is 0.154. The maximum Gasteiger partial charge on any atom is 0.412 e. The molecule has 0 saturated heterocycles. The van der Waals surface area contributed by atoms with E-state index in [1.54, 1.807) is 78.9 Å². The number of amides is 2. The molecule has 0 fully saturated rings. The molecule has 0 saturated carbocycles. The minimum absolute atomic E-state index is 0.0794. The first-order chi connectivity index (χ1) is 19.8. The highest BCUT2D eigenvalue weighted by molar-refractivity contribution is 6.01. The maximum absolute atomic E-state index is 12.9. The van der Waals surface area contributed by atoms with Gasteiger partial charge in [-0.15, -0.1) is 0 Å². The molecule has 2 atom stereocenters. The smallest absolute Gasteiger partial charge is 0.412 e. The molecular weight excluding hydrogens is 526 g/mol. The van der Waals surface area contributed by atoms with Crippen molar-refractivity contribution in [3.05, 3.63) is 96.1 Å². The van der Waals surface area contributed by atoms with Gasteiger partial charge in [-0.3, -0.25) is 14.9 Å². The van der Waals surface area contributed by atoms with Gasteiger partial charge >= 0.3 is 6.09 Å². The number of para-hydroxylation sites is 2. The van der Waals surface area contributed by atoms with Gasteiger partial charge in [-0.05, 0) is 79.9 Å². The number of hydrogen-bond acceptors (Lipinski definition) is 8. The zero-order valence-electron chi connectivity index (χ0n) is 23.0. The Morgan fingerprint density at radius 3 is 2.32 bits per heavy atom. The number of anilines is 3. The number of Topliss-reactive ketones (excluding diaryl/α,β-unsaturated/α-hetero) is 1. The van der Waals surface area contributed by atoms with Crippen LogP contribution in [-0.2, 0) is 14.3 Å². The van der Waals surface area contributed by atoms with Crippen LogP contribution in [0.4, 0.5) is 21.9 Å². The number of rotatable bonds is 14. The van der Waals surface area contributed by atoms with E-state index in [0.717, 1.165) is 0 Å². The van der Waals surface area contributed by atoms with Gasteiger partial charge in [0, 0.05) is 18.4 Å². The van der Waals surface area contributed by atoms with Gasteiger partial charge in [0.2, 0.25) is 5.91 Å². The van der Waals surface area contributed by atoms with Crippen LogP contribution in [-0.4, -0.2) is 49.3 Å². The minimum atomic E-state index is -0.797. The van der Waals surface area contributed by atoms with Gasteiger partial charge < -0.3 is 30.4 Å². The molecule has 0 unspecified atom stereocenters. The van der Waals surface area contributed by atoms with Crippen LogP contribution in [0.25, 0.3) is 0 Å². The van der Waals surface area contributed by atoms with Crippen molar-refractivity contribution < 1.29 is 33.7 Å². The van der Waals surface area contributed by atoms with E-state index in [4.69, 9.17) is 25.1 Å². The summed E-state index contributed by atoms with van der Waals surface area (Å²) in [5, 5.41) is 14.4. The van der Waals surface area contributed by atoms with Crippen molar-refractivity contribution in [1.29, 1.82) is 0 Å². The number of aliphatic hydroxyl groups excluding tert-OH is 1. The van der Waals surface area contributed by atoms with Crippen molar-refractivity contribution in [2.24, 2.45) is 0 Å². The Bertz CT molecular complexity index is 1320. The Morgan fingerprint density at radius 1 is 0.976 bits per heavy atom. The lowest BCUT2D eigenvalue weighted by Gasteiger charge is -2.26. The molecule has 0 aromatic heterocycles. The van der Waals surface area contributed by atoms with E-state index < -0.39 is 18.3 Å². The monoisotopic (exact) mass is 561 g/mol. The zero-order chi connectivity index (χ0) is 29.6. The van der Waals surface area contributed by atoms with Crippen molar-refractivity contribution in [1.82, 2.24) is 0 Å². The van der Waals surface area contributed by atoms with E-state index in [1.807, 2.05) is 0 Å². The van der Waals surface area contributed by atoms with E-state index in [1.165, 1.54) is 20.1 Å². The molecule has 0 radical (unpaired) electrons. The molecule has 3 aromatic rings. The second-order valence-electron chi connectivity index (χ2n) is 9.06. The fraction of sp³-hybridized carbons (Fsp3) is 0.258. The molecule has 2 amide bonds. The molecule has 0 heterocycles. The standard InChI is InChI=1S/C31H35N3O7/c1-21(36)22-11-15-24(16-12-22)33-31(38)41-30(23-13-17-25(18-14-23)40-20-19-35)28(39-2)9-5-6-10-29(37)34-27-8-4-3-7-26(27)32/h3-4,6-8,10-18,28,30,35H,5,9,19-20,32H2,1-2H3,(H,33,38)(H,34,37)/b10-6+/t28-,30-/m1/s1. The number of carbonyl (C=O) groups excluding carboxylic acids is 3. The summed E-state index contributed by atoms with van der Waals surface area (Å²) >= 11 is 0. The third-order valence-corrected chi connectivity index (χ3v) is 6.09. The third kappa shape index (κ3) is 9.79. The Kier molecular flexibility index (Phi) is 11.9. The summed E-state index contributed by atoms with van der Waals surface area (Å²) in [7, 11) is 1.52. The first-order valence-electron chi connectivity index (χ1n) is 13.1. The Morgan fingerprint density at radius 2 is 1.68 bits per heavy atom. The largest absolute Gasteiger partial charge is 0.491 e. The van der Waals surface area contributed by atoms with Gasteiger partial charge in [0.05, 0.1) is 24.1 Å². The molecule has 10 nitrogen and oxygen atoms in total. The average molecular weight is 562 g/mol. The van der Waals surface area contributed by atoms with Gasteiger partial charge in [0.1, 0.15) is 12.4 Å². The van der Waals surface area contributed by atoms with Crippen LogP contribution in [0, 0.1) is 0 Å². The number of nitrogens with one attached hydrogen (secondary N) is 2. The molecule has 10 heteroatoms. The molecule has 3 aromatic carbocycles. The minimum Gasteiger partial charge on any atom is -0.491 e. The Hall–Kier alpha value is -4.67. The molecule has 0 aliphatic carbocycles. The van der Waals surface area contributed by atoms with E-state index >= 15 is 0 Å². The third-order valence-electron chi connectivity index (χ3n) is 6.09. The average Bonchev–Trinajstić information content (AvgIpc) is 2.97. The first-order valence-corrected chi connectivity index (χ1v) is 13.1. The lowest BCUT2D eigenvalue weighted by atomic mass is 10.00. The van der Waals surface area contributed by atoms with Crippen molar-refractivity contribution in [3.8, 4) is 5.75 Å². The number of nitrogens with two attached hydrogens (primary N) is 1. The second-order valence-corrected chi connectivity index (χ2v) is 9.06. The van der Waals surface area contributed by atoms with Crippen LogP contribution in [0.15, 0.2) is 84.9 Å². The lowest BCUT2D eigenvalue weighted by molar-refractivity contribution is -0.111. The van der Waals surface area contributed by atoms with Crippen molar-refractivity contribution in [2.75, 3.05) is 36.7 Å². The first kappa shape index (κ1) is 30.9. The van der Waals surface area contributed by atoms with Crippen molar-refractivity contribution >= 4 is 34.8 Å². The van der Waals surface area contributed by atoms with Crippen LogP contribution < -0.4 is 21.1 Å². The highest BCUT2D eigenvalue weighted by atomic mass is 16.6. The van der Waals surface area contributed by atoms with Gasteiger partial charge in [-0.2, -0.15) is 0 Å². The molecule has 0 aliphatic heterocycles. The summed E-state index contributed by atoms with van der Waals surface area (Å²) in [6.45, 7) is 1.51. The zero-order valence-corrected chi connectivity index (χ0v) is 23.0. The summed E-state index contributed by atoms with van der Waals surface area (Å²) < 4.78 is 17.0. The fourth-order valence-corrected chi connectivity index (χ4v) is 3.96. The van der Waals surface area contributed by atoms with E-state index in [9.17, 15) is 14.4 Å². The van der Waals surface area contributed by atoms with E-state index in [-0.39, 0.29) is 24.9 Å². The number of carbonyl (C=O) groups is 3. The normalized spacial score (nSPS) is 12.4. The summed E-state index contributed by atoms with van der Waals surface area (Å²) in [5.41, 5.74) is 8.53. The van der Waals surface area contributed by atoms with E-state index in [2.05, 4.69) is 10.6 Å². The number of hydrogen-bond donors (Lipinski definition) is 4. The molecule has 216 valence electrons. The summed E-state index contributed by atoms with van der Waals surface area (Å²) in [6, 6.07) is 20.4. The van der Waals surface area contributed by atoms with Crippen molar-refractivity contribution in [2.45, 2.75) is 32.0 Å². The quantitative estimate of drug-likeness (QED) is 0.120. The topological polar surface area (TPSA) is 149 Å². The van der Waals surface area contributed by atoms with E-state index in [0.29, 0.717) is 46.8 Å². The van der Waals surface area contributed by atoms with Crippen LogP contribution in [0.2, 0.25) is 0 Å². The van der Waals surface area contributed by atoms with Crippen LogP contribution in [0.1, 0.15) is 41.8 Å². The fourth-order valence-electron chi connectivity index (χ4n) is 3.96. The molecule has 0 aliphatic rings. The highest BCUT2D eigenvalue weighted by Crippen LogP contribution is 2.29. The number of benzene rings is 3. The Labute approximate surface area is 239 Å². The SMILES string of the molecule is CO[C@H](CC/C=C/C(=O)Nc1ccccc1N)[C@H](OC(=O)Nc1ccc(C(C)=O)cc1)c1ccc(OCCO)cc1. The Balaban J connectivity index is 1.69. The number of ketones is 1. The number of methoxy groups -OCH3 is 1. The van der Waals surface area contributed by atoms with Crippen LogP contribution in [0.3, 0.4) is 0 Å². The van der Waals surface area contributed by atoms with Gasteiger partial charge in [-0.1, -0.05) is 30.3 Å². The molecule has 5 N–H and O–H groups in total. The number of nitrogen functional groups attached to an aromatic ring is 1. The molecule has 41 heavy (non-hydrogen) atoms. The van der Waals surface area contributed by atoms with Gasteiger partial charge in [0.15, 0.2) is 11.9 Å². The van der Waals surface area contributed by atoms with Crippen LogP contribution >= 0.6 is 0 Å². The molecule has 0 bridgehead atoms. The number of aliphatic hydroxyl groups is 1. The predicted molar refractivity (Wildman–Crippen MR) is 157 cm³/mol.